The van der Waals surface area contributed by atoms with Crippen LogP contribution in [0.1, 0.15) is 23.2 Å². The van der Waals surface area contributed by atoms with Gasteiger partial charge in [0.15, 0.2) is 5.82 Å². The molecule has 0 radical (unpaired) electrons. The van der Waals surface area contributed by atoms with Gasteiger partial charge in [-0.05, 0) is 42.7 Å². The molecule has 0 saturated heterocycles. The molecule has 0 saturated carbocycles. The van der Waals surface area contributed by atoms with Crippen LogP contribution in [0.25, 0.3) is 16.9 Å². The van der Waals surface area contributed by atoms with Crippen molar-refractivity contribution in [3.8, 4) is 12.0 Å². The Morgan fingerprint density at radius 2 is 2.06 bits per heavy atom. The molecule has 0 atom stereocenters. The fourth-order valence-electron chi connectivity index (χ4n) is 4.02. The van der Waals surface area contributed by atoms with E-state index in [1.807, 2.05) is 25.2 Å². The summed E-state index contributed by atoms with van der Waals surface area (Å²) in [5.74, 6) is 0.866. The van der Waals surface area contributed by atoms with E-state index in [2.05, 4.69) is 21.4 Å². The number of anilines is 2. The fraction of sp³-hybridized carbons (Fsp3) is 0.217. The largest absolute Gasteiger partial charge is 0.370 e. The topological polar surface area (TPSA) is 82.7 Å². The number of benzene rings is 2. The first-order valence-corrected chi connectivity index (χ1v) is 10.1. The maximum absolute atomic E-state index is 13.6. The number of hydrogen-bond acceptors (Lipinski definition) is 6. The van der Waals surface area contributed by atoms with E-state index in [-0.39, 0.29) is 5.82 Å². The fourth-order valence-corrected chi connectivity index (χ4v) is 4.02. The Balaban J connectivity index is 1.60. The van der Waals surface area contributed by atoms with Gasteiger partial charge in [-0.15, -0.1) is 0 Å². The molecule has 1 N–H and O–H groups in total. The molecule has 0 aliphatic carbocycles. The molecule has 2 aromatic carbocycles. The minimum absolute atomic E-state index is 0.266. The monoisotopic (exact) mass is 413 g/mol. The number of halogens is 1. The van der Waals surface area contributed by atoms with Crippen LogP contribution in [0.5, 0.6) is 0 Å². The van der Waals surface area contributed by atoms with E-state index in [0.29, 0.717) is 23.9 Å². The smallest absolute Gasteiger partial charge is 0.253 e. The predicted octanol–water partition coefficient (Wildman–Crippen LogP) is 3.82. The zero-order valence-corrected chi connectivity index (χ0v) is 17.0. The zero-order valence-electron chi connectivity index (χ0n) is 17.0. The van der Waals surface area contributed by atoms with E-state index in [1.54, 1.807) is 23.0 Å². The second-order valence-corrected chi connectivity index (χ2v) is 7.58. The van der Waals surface area contributed by atoms with Crippen LogP contribution in [-0.4, -0.2) is 33.3 Å². The van der Waals surface area contributed by atoms with Crippen molar-refractivity contribution in [3.05, 3.63) is 71.3 Å². The van der Waals surface area contributed by atoms with Gasteiger partial charge in [-0.1, -0.05) is 18.2 Å². The van der Waals surface area contributed by atoms with Gasteiger partial charge in [0.2, 0.25) is 0 Å². The van der Waals surface area contributed by atoms with Crippen LogP contribution in [0.2, 0.25) is 0 Å². The lowest BCUT2D eigenvalue weighted by atomic mass is 10.1. The Morgan fingerprint density at radius 1 is 1.19 bits per heavy atom. The van der Waals surface area contributed by atoms with Crippen LogP contribution in [-0.2, 0) is 13.0 Å². The number of aryl methyl sites for hydroxylation is 1. The zero-order chi connectivity index (χ0) is 21.4. The van der Waals surface area contributed by atoms with E-state index < -0.39 is 0 Å². The summed E-state index contributed by atoms with van der Waals surface area (Å²) in [7, 11) is 2.02. The summed E-state index contributed by atoms with van der Waals surface area (Å²) in [5, 5.41) is 18.0. The maximum Gasteiger partial charge on any atom is 0.253 e. The van der Waals surface area contributed by atoms with Crippen molar-refractivity contribution < 1.29 is 4.39 Å². The van der Waals surface area contributed by atoms with Crippen LogP contribution in [0.4, 0.5) is 15.9 Å². The molecular formula is C23H20FN7. The molecular weight excluding hydrogens is 393 g/mol. The summed E-state index contributed by atoms with van der Waals surface area (Å²) in [6.07, 6.45) is 3.51. The third kappa shape index (κ3) is 3.44. The number of nitriles is 1. The Kier molecular flexibility index (Phi) is 4.71. The lowest BCUT2D eigenvalue weighted by Crippen LogP contribution is -2.28. The Labute approximate surface area is 178 Å². The number of nitrogens with one attached hydrogen (secondary N) is 1. The highest BCUT2D eigenvalue weighted by atomic mass is 19.1. The van der Waals surface area contributed by atoms with Crippen molar-refractivity contribution in [2.24, 2.45) is 0 Å². The summed E-state index contributed by atoms with van der Waals surface area (Å²) in [4.78, 5) is 11.7. The van der Waals surface area contributed by atoms with Crippen LogP contribution >= 0.6 is 0 Å². The first-order valence-electron chi connectivity index (χ1n) is 10.1. The normalized spacial score (nSPS) is 13.1. The van der Waals surface area contributed by atoms with Crippen molar-refractivity contribution in [2.45, 2.75) is 19.4 Å². The van der Waals surface area contributed by atoms with E-state index in [1.165, 1.54) is 12.1 Å². The standard InChI is InChI=1S/C23H20FN7/c1-30-10-4-8-19-21(30)22(26-13-15-5-2-7-17(24)11-15)29-23(28-19)31-20-9-3-6-16(12-25)18(20)14-27-31/h2-3,5-7,9,11,14H,4,8,10,13H2,1H3,(H,26,28,29). The van der Waals surface area contributed by atoms with Crippen LogP contribution < -0.4 is 10.2 Å². The van der Waals surface area contributed by atoms with Crippen LogP contribution in [0, 0.1) is 17.1 Å². The van der Waals surface area contributed by atoms with Gasteiger partial charge in [0.05, 0.1) is 29.0 Å². The van der Waals surface area contributed by atoms with Gasteiger partial charge >= 0.3 is 0 Å². The second-order valence-electron chi connectivity index (χ2n) is 7.58. The predicted molar refractivity (Wildman–Crippen MR) is 117 cm³/mol. The third-order valence-corrected chi connectivity index (χ3v) is 5.51. The quantitative estimate of drug-likeness (QED) is 0.548. The van der Waals surface area contributed by atoms with Gasteiger partial charge in [0, 0.05) is 25.5 Å². The molecule has 0 spiro atoms. The molecule has 0 unspecified atom stereocenters. The highest BCUT2D eigenvalue weighted by Crippen LogP contribution is 2.33. The number of hydrogen-bond donors (Lipinski definition) is 1. The van der Waals surface area contributed by atoms with Gasteiger partial charge in [-0.2, -0.15) is 20.0 Å². The minimum Gasteiger partial charge on any atom is -0.370 e. The Morgan fingerprint density at radius 3 is 2.90 bits per heavy atom. The lowest BCUT2D eigenvalue weighted by Gasteiger charge is -2.29. The van der Waals surface area contributed by atoms with Crippen molar-refractivity contribution in [3.63, 3.8) is 0 Å². The molecule has 0 bridgehead atoms. The van der Waals surface area contributed by atoms with E-state index >= 15 is 0 Å². The molecule has 5 rings (SSSR count). The summed E-state index contributed by atoms with van der Waals surface area (Å²) in [5.41, 5.74) is 4.07. The molecule has 3 heterocycles. The summed E-state index contributed by atoms with van der Waals surface area (Å²) >= 11 is 0. The van der Waals surface area contributed by atoms with Gasteiger partial charge in [0.1, 0.15) is 11.5 Å². The molecule has 4 aromatic rings. The first-order chi connectivity index (χ1) is 15.1. The van der Waals surface area contributed by atoms with Crippen molar-refractivity contribution in [1.29, 1.82) is 5.26 Å². The molecule has 1 aliphatic rings. The highest BCUT2D eigenvalue weighted by molar-refractivity contribution is 5.85. The van der Waals surface area contributed by atoms with Crippen molar-refractivity contribution in [1.82, 2.24) is 19.7 Å². The number of rotatable bonds is 4. The minimum atomic E-state index is -0.266. The van der Waals surface area contributed by atoms with E-state index in [0.717, 1.165) is 47.2 Å². The van der Waals surface area contributed by atoms with Crippen LogP contribution in [0.15, 0.2) is 48.7 Å². The van der Waals surface area contributed by atoms with E-state index in [9.17, 15) is 9.65 Å². The first kappa shape index (κ1) is 19.0. The molecule has 7 nitrogen and oxygen atoms in total. The summed E-state index contributed by atoms with van der Waals surface area (Å²) in [6.45, 7) is 1.35. The SMILES string of the molecule is CN1CCCc2nc(-n3ncc4c(C#N)cccc43)nc(NCc3cccc(F)c3)c21. The maximum atomic E-state index is 13.6. The second kappa shape index (κ2) is 7.69. The number of aromatic nitrogens is 4. The third-order valence-electron chi connectivity index (χ3n) is 5.51. The Hall–Kier alpha value is -3.99. The molecule has 1 aliphatic heterocycles. The summed E-state index contributed by atoms with van der Waals surface area (Å²) < 4.78 is 15.3. The van der Waals surface area contributed by atoms with Gasteiger partial charge < -0.3 is 10.2 Å². The lowest BCUT2D eigenvalue weighted by molar-refractivity contribution is 0.626. The van der Waals surface area contributed by atoms with Crippen molar-refractivity contribution in [2.75, 3.05) is 23.8 Å². The molecule has 8 heteroatoms. The molecule has 31 heavy (non-hydrogen) atoms. The highest BCUT2D eigenvalue weighted by Gasteiger charge is 2.23. The van der Waals surface area contributed by atoms with Crippen LogP contribution in [0.3, 0.4) is 0 Å². The number of nitrogens with zero attached hydrogens (tertiary/aromatic N) is 6. The molecule has 0 amide bonds. The van der Waals surface area contributed by atoms with Gasteiger partial charge in [-0.25, -0.2) is 9.37 Å². The average Bonchev–Trinajstić information content (AvgIpc) is 3.22. The number of fused-ring (bicyclic) bond motifs is 2. The van der Waals surface area contributed by atoms with Gasteiger partial charge in [0.25, 0.3) is 5.95 Å². The molecule has 2 aromatic heterocycles. The average molecular weight is 413 g/mol. The summed E-state index contributed by atoms with van der Waals surface area (Å²) in [6, 6.07) is 14.2. The molecule has 0 fully saturated rings. The Bertz CT molecular complexity index is 1320. The molecule has 154 valence electrons. The van der Waals surface area contributed by atoms with Gasteiger partial charge in [-0.3, -0.25) is 0 Å². The van der Waals surface area contributed by atoms with E-state index in [4.69, 9.17) is 9.97 Å². The van der Waals surface area contributed by atoms with Crippen molar-refractivity contribution >= 4 is 22.4 Å².